The van der Waals surface area contributed by atoms with E-state index in [0.29, 0.717) is 5.92 Å². The number of anilines is 2. The molecule has 2 aliphatic rings. The first-order valence-corrected chi connectivity index (χ1v) is 11.2. The van der Waals surface area contributed by atoms with E-state index in [-0.39, 0.29) is 6.04 Å². The van der Waals surface area contributed by atoms with Crippen molar-refractivity contribution in [1.82, 2.24) is 4.57 Å². The molecule has 0 N–H and O–H groups in total. The van der Waals surface area contributed by atoms with Gasteiger partial charge in [0.15, 0.2) is 0 Å². The lowest BCUT2D eigenvalue weighted by Crippen LogP contribution is -2.29. The van der Waals surface area contributed by atoms with E-state index in [2.05, 4.69) is 131 Å². The molecule has 0 saturated heterocycles. The summed E-state index contributed by atoms with van der Waals surface area (Å²) >= 11 is 0. The molecule has 0 fully saturated rings. The molecule has 1 aliphatic heterocycles. The van der Waals surface area contributed by atoms with Crippen LogP contribution in [0.2, 0.25) is 0 Å². The molecule has 7 rings (SSSR count). The molecule has 32 heavy (non-hydrogen) atoms. The standard InChI is InChI=1S/C30H22N2/c1-5-15-25-21(11-1)22-12-2-6-16-26(22)31(25)29-19-9-10-20-30(29)32-27-17-7-3-13-23(27)24-14-4-8-18-28(24)32/h1-21,25H. The van der Waals surface area contributed by atoms with Crippen LogP contribution in [-0.2, 0) is 0 Å². The third-order valence-electron chi connectivity index (χ3n) is 6.92. The van der Waals surface area contributed by atoms with Crippen molar-refractivity contribution in [3.63, 3.8) is 0 Å². The highest BCUT2D eigenvalue weighted by atomic mass is 15.2. The van der Waals surface area contributed by atoms with Crippen LogP contribution in [0.3, 0.4) is 0 Å². The van der Waals surface area contributed by atoms with E-state index in [0.717, 1.165) is 0 Å². The number of hydrogen-bond donors (Lipinski definition) is 0. The van der Waals surface area contributed by atoms with Crippen LogP contribution < -0.4 is 4.90 Å². The van der Waals surface area contributed by atoms with Crippen LogP contribution in [0.25, 0.3) is 27.5 Å². The van der Waals surface area contributed by atoms with Crippen molar-refractivity contribution >= 4 is 33.2 Å². The van der Waals surface area contributed by atoms with E-state index in [9.17, 15) is 0 Å². The maximum Gasteiger partial charge on any atom is 0.0699 e. The van der Waals surface area contributed by atoms with Gasteiger partial charge in [0.1, 0.15) is 0 Å². The molecule has 1 aromatic heterocycles. The van der Waals surface area contributed by atoms with Gasteiger partial charge in [0.25, 0.3) is 0 Å². The van der Waals surface area contributed by atoms with Gasteiger partial charge in [-0.05, 0) is 35.9 Å². The largest absolute Gasteiger partial charge is 0.332 e. The molecule has 0 amide bonds. The average molecular weight is 411 g/mol. The molecule has 1 aliphatic carbocycles. The molecule has 2 unspecified atom stereocenters. The number of hydrogen-bond acceptors (Lipinski definition) is 1. The Morgan fingerprint density at radius 3 is 1.81 bits per heavy atom. The Balaban J connectivity index is 1.54. The second-order valence-corrected chi connectivity index (χ2v) is 8.57. The fourth-order valence-electron chi connectivity index (χ4n) is 5.61. The normalized spacial score (nSPS) is 18.9. The van der Waals surface area contributed by atoms with Gasteiger partial charge in [-0.1, -0.05) is 91.0 Å². The fraction of sp³-hybridized carbons (Fsp3) is 0.0667. The Kier molecular flexibility index (Phi) is 3.71. The van der Waals surface area contributed by atoms with Crippen LogP contribution in [0.4, 0.5) is 11.4 Å². The number of rotatable bonds is 2. The summed E-state index contributed by atoms with van der Waals surface area (Å²) in [5, 5.41) is 2.58. The molecule has 0 bridgehead atoms. The van der Waals surface area contributed by atoms with Gasteiger partial charge in [-0.15, -0.1) is 0 Å². The van der Waals surface area contributed by atoms with Crippen LogP contribution >= 0.6 is 0 Å². The van der Waals surface area contributed by atoms with Crippen LogP contribution in [0.15, 0.2) is 121 Å². The second kappa shape index (κ2) is 6.73. The van der Waals surface area contributed by atoms with E-state index in [1.807, 2.05) is 0 Å². The number of allylic oxidation sites excluding steroid dienone is 2. The summed E-state index contributed by atoms with van der Waals surface area (Å²) in [5.74, 6) is 0.377. The van der Waals surface area contributed by atoms with Gasteiger partial charge in [-0.2, -0.15) is 0 Å². The highest BCUT2D eigenvalue weighted by molar-refractivity contribution is 6.09. The maximum atomic E-state index is 2.53. The van der Waals surface area contributed by atoms with Crippen molar-refractivity contribution in [2.75, 3.05) is 4.90 Å². The SMILES string of the molecule is C1=CC2c3ccccc3N(c3ccccc3-n3c4ccccc4c4ccccc43)C2C=C1. The van der Waals surface area contributed by atoms with Gasteiger partial charge in [-0.25, -0.2) is 0 Å². The lowest BCUT2D eigenvalue weighted by Gasteiger charge is -2.30. The zero-order valence-corrected chi connectivity index (χ0v) is 17.6. The van der Waals surface area contributed by atoms with E-state index >= 15 is 0 Å². The zero-order chi connectivity index (χ0) is 21.1. The van der Waals surface area contributed by atoms with Crippen LogP contribution in [0.1, 0.15) is 11.5 Å². The van der Waals surface area contributed by atoms with Crippen molar-refractivity contribution in [3.8, 4) is 5.69 Å². The first kappa shape index (κ1) is 17.6. The van der Waals surface area contributed by atoms with Crippen LogP contribution in [0.5, 0.6) is 0 Å². The molecular formula is C30H22N2. The van der Waals surface area contributed by atoms with Gasteiger partial charge in [0.2, 0.25) is 0 Å². The molecule has 2 nitrogen and oxygen atoms in total. The quantitative estimate of drug-likeness (QED) is 0.292. The average Bonchev–Trinajstić information content (AvgIpc) is 3.37. The lowest BCUT2D eigenvalue weighted by molar-refractivity contribution is 0.743. The molecule has 2 atom stereocenters. The number of fused-ring (bicyclic) bond motifs is 6. The highest BCUT2D eigenvalue weighted by Gasteiger charge is 2.38. The summed E-state index contributed by atoms with van der Waals surface area (Å²) in [7, 11) is 0. The molecule has 0 saturated carbocycles. The van der Waals surface area contributed by atoms with E-state index in [1.54, 1.807) is 0 Å². The fourth-order valence-corrected chi connectivity index (χ4v) is 5.61. The van der Waals surface area contributed by atoms with Crippen LogP contribution in [-0.4, -0.2) is 10.6 Å². The van der Waals surface area contributed by atoms with Crippen molar-refractivity contribution in [3.05, 3.63) is 127 Å². The number of benzene rings is 4. The third kappa shape index (κ3) is 2.35. The summed E-state index contributed by atoms with van der Waals surface area (Å²) in [6.07, 6.45) is 9.04. The topological polar surface area (TPSA) is 8.17 Å². The Morgan fingerprint density at radius 1 is 0.500 bits per heavy atom. The van der Waals surface area contributed by atoms with Gasteiger partial charge < -0.3 is 9.47 Å². The number of nitrogens with zero attached hydrogens (tertiary/aromatic N) is 2. The van der Waals surface area contributed by atoms with E-state index < -0.39 is 0 Å². The minimum absolute atomic E-state index is 0.284. The summed E-state index contributed by atoms with van der Waals surface area (Å²) in [6.45, 7) is 0. The van der Waals surface area contributed by atoms with Gasteiger partial charge in [-0.3, -0.25) is 0 Å². The molecule has 2 heteroatoms. The summed E-state index contributed by atoms with van der Waals surface area (Å²) in [4.78, 5) is 2.53. The Morgan fingerprint density at radius 2 is 1.06 bits per heavy atom. The van der Waals surface area contributed by atoms with Crippen molar-refractivity contribution < 1.29 is 0 Å². The smallest absolute Gasteiger partial charge is 0.0699 e. The monoisotopic (exact) mass is 410 g/mol. The number of aromatic nitrogens is 1. The summed E-state index contributed by atoms with van der Waals surface area (Å²) < 4.78 is 2.43. The van der Waals surface area contributed by atoms with Crippen LogP contribution in [0, 0.1) is 0 Å². The zero-order valence-electron chi connectivity index (χ0n) is 17.6. The minimum Gasteiger partial charge on any atom is -0.332 e. The molecule has 4 aromatic carbocycles. The van der Waals surface area contributed by atoms with Crippen molar-refractivity contribution in [2.45, 2.75) is 12.0 Å². The van der Waals surface area contributed by atoms with Gasteiger partial charge in [0, 0.05) is 22.4 Å². The summed E-state index contributed by atoms with van der Waals surface area (Å²) in [6, 6.07) is 35.4. The lowest BCUT2D eigenvalue weighted by atomic mass is 9.91. The predicted molar refractivity (Wildman–Crippen MR) is 134 cm³/mol. The van der Waals surface area contributed by atoms with Gasteiger partial charge in [0.05, 0.1) is 28.5 Å². The molecular weight excluding hydrogens is 388 g/mol. The Hall–Kier alpha value is -4.04. The van der Waals surface area contributed by atoms with Crippen molar-refractivity contribution in [1.29, 1.82) is 0 Å². The van der Waals surface area contributed by atoms with E-state index in [4.69, 9.17) is 0 Å². The highest BCUT2D eigenvalue weighted by Crippen LogP contribution is 2.49. The van der Waals surface area contributed by atoms with E-state index in [1.165, 1.54) is 44.4 Å². The predicted octanol–water partition coefficient (Wildman–Crippen LogP) is 7.51. The Labute approximate surface area is 187 Å². The second-order valence-electron chi connectivity index (χ2n) is 8.57. The van der Waals surface area contributed by atoms with Gasteiger partial charge >= 0.3 is 0 Å². The Bertz CT molecular complexity index is 1500. The van der Waals surface area contributed by atoms with Crippen molar-refractivity contribution in [2.24, 2.45) is 0 Å². The summed E-state index contributed by atoms with van der Waals surface area (Å²) in [5.41, 5.74) is 7.62. The third-order valence-corrected chi connectivity index (χ3v) is 6.92. The molecule has 152 valence electrons. The molecule has 0 radical (unpaired) electrons. The maximum absolute atomic E-state index is 2.53. The number of para-hydroxylation sites is 5. The first-order valence-electron chi connectivity index (χ1n) is 11.2. The minimum atomic E-state index is 0.284. The molecule has 2 heterocycles. The molecule has 5 aromatic rings. The molecule has 0 spiro atoms. The first-order chi connectivity index (χ1) is 15.9.